The quantitative estimate of drug-likeness (QED) is 0.583. The molecular formula is C21H21ClFN3O. The lowest BCUT2D eigenvalue weighted by Gasteiger charge is -2.16. The third-order valence-electron chi connectivity index (χ3n) is 5.22. The van der Waals surface area contributed by atoms with Crippen molar-refractivity contribution < 1.29 is 9.18 Å². The van der Waals surface area contributed by atoms with E-state index in [9.17, 15) is 9.18 Å². The van der Waals surface area contributed by atoms with Crippen LogP contribution in [-0.4, -0.2) is 28.7 Å². The summed E-state index contributed by atoms with van der Waals surface area (Å²) in [7, 11) is 0. The maximum absolute atomic E-state index is 13.0. The second-order valence-corrected chi connectivity index (χ2v) is 7.47. The highest BCUT2D eigenvalue weighted by molar-refractivity contribution is 6.31. The van der Waals surface area contributed by atoms with E-state index in [1.807, 2.05) is 22.9 Å². The highest BCUT2D eigenvalue weighted by Crippen LogP contribution is 2.33. The third kappa shape index (κ3) is 3.56. The number of hydrogen-bond acceptors (Lipinski definition) is 3. The van der Waals surface area contributed by atoms with Crippen LogP contribution in [0.1, 0.15) is 30.1 Å². The van der Waals surface area contributed by atoms with Gasteiger partial charge in [-0.1, -0.05) is 11.6 Å². The summed E-state index contributed by atoms with van der Waals surface area (Å²) in [5, 5.41) is 6.52. The number of Topliss-reactive ketones (excluding diaryl/α,β-unsaturated/α-hetero) is 1. The molecule has 27 heavy (non-hydrogen) atoms. The van der Waals surface area contributed by atoms with Crippen molar-refractivity contribution in [3.63, 3.8) is 0 Å². The van der Waals surface area contributed by atoms with Crippen LogP contribution in [-0.2, 0) is 6.54 Å². The first-order valence-corrected chi connectivity index (χ1v) is 9.62. The van der Waals surface area contributed by atoms with E-state index in [1.54, 1.807) is 12.1 Å². The predicted molar refractivity (Wildman–Crippen MR) is 106 cm³/mol. The first kappa shape index (κ1) is 18.0. The molecule has 4 nitrogen and oxygen atoms in total. The highest BCUT2D eigenvalue weighted by Gasteiger charge is 2.28. The minimum absolute atomic E-state index is 0.0637. The Morgan fingerprint density at radius 2 is 2.04 bits per heavy atom. The van der Waals surface area contributed by atoms with Crippen LogP contribution in [0.5, 0.6) is 0 Å². The summed E-state index contributed by atoms with van der Waals surface area (Å²) in [6, 6.07) is 11.6. The van der Waals surface area contributed by atoms with Gasteiger partial charge in [-0.15, -0.1) is 0 Å². The van der Waals surface area contributed by atoms with Gasteiger partial charge in [-0.05, 0) is 61.7 Å². The number of aryl methyl sites for hydroxylation is 1. The lowest BCUT2D eigenvalue weighted by molar-refractivity contribution is 0.0965. The number of hydrogen-bond donors (Lipinski definition) is 0. The molecule has 6 heteroatoms. The van der Waals surface area contributed by atoms with Gasteiger partial charge in [-0.25, -0.2) is 4.39 Å². The van der Waals surface area contributed by atoms with Crippen molar-refractivity contribution in [2.45, 2.75) is 26.3 Å². The fraction of sp³-hybridized carbons (Fsp3) is 0.333. The summed E-state index contributed by atoms with van der Waals surface area (Å²) in [4.78, 5) is 14.7. The van der Waals surface area contributed by atoms with Crippen LogP contribution in [0.3, 0.4) is 0 Å². The highest BCUT2D eigenvalue weighted by atomic mass is 35.5. The monoisotopic (exact) mass is 385 g/mol. The lowest BCUT2D eigenvalue weighted by Crippen LogP contribution is -2.21. The molecule has 0 amide bonds. The van der Waals surface area contributed by atoms with Crippen molar-refractivity contribution in [2.24, 2.45) is 5.92 Å². The van der Waals surface area contributed by atoms with Crippen LogP contribution in [0, 0.1) is 11.7 Å². The molecule has 1 aliphatic rings. The van der Waals surface area contributed by atoms with Crippen molar-refractivity contribution in [1.29, 1.82) is 0 Å². The van der Waals surface area contributed by atoms with Gasteiger partial charge in [0.15, 0.2) is 11.6 Å². The van der Waals surface area contributed by atoms with E-state index in [2.05, 4.69) is 11.8 Å². The third-order valence-corrected chi connectivity index (χ3v) is 5.45. The van der Waals surface area contributed by atoms with Gasteiger partial charge in [0.05, 0.1) is 5.52 Å². The number of nitrogens with zero attached hydrogens (tertiary/aromatic N) is 3. The van der Waals surface area contributed by atoms with Gasteiger partial charge >= 0.3 is 0 Å². The van der Waals surface area contributed by atoms with Gasteiger partial charge < -0.3 is 4.90 Å². The minimum Gasteiger partial charge on any atom is -0.354 e. The standard InChI is InChI=1S/C21H21ClFN3O/c1-2-26-19-8-5-16(22)12-18(19)21(24-26)25-10-9-14(13-25)11-20(27)15-3-6-17(23)7-4-15/h3-8,12,14H,2,9-11,13H2,1H3. The molecule has 0 spiro atoms. The smallest absolute Gasteiger partial charge is 0.163 e. The van der Waals surface area contributed by atoms with Crippen molar-refractivity contribution in [1.82, 2.24) is 9.78 Å². The number of ketones is 1. The van der Waals surface area contributed by atoms with Crippen LogP contribution in [0.25, 0.3) is 10.9 Å². The predicted octanol–water partition coefficient (Wildman–Crippen LogP) is 4.95. The number of carbonyl (C=O) groups excluding carboxylic acids is 1. The summed E-state index contributed by atoms with van der Waals surface area (Å²) >= 11 is 6.20. The summed E-state index contributed by atoms with van der Waals surface area (Å²) in [6.07, 6.45) is 1.41. The van der Waals surface area contributed by atoms with Crippen LogP contribution >= 0.6 is 11.6 Å². The zero-order valence-electron chi connectivity index (χ0n) is 15.2. The molecule has 4 rings (SSSR count). The molecule has 1 aliphatic heterocycles. The minimum atomic E-state index is -0.323. The van der Waals surface area contributed by atoms with Crippen molar-refractivity contribution in [2.75, 3.05) is 18.0 Å². The van der Waals surface area contributed by atoms with Crippen LogP contribution in [0.2, 0.25) is 5.02 Å². The van der Waals surface area contributed by atoms with Gasteiger partial charge in [-0.3, -0.25) is 9.48 Å². The Balaban J connectivity index is 1.51. The van der Waals surface area contributed by atoms with E-state index < -0.39 is 0 Å². The lowest BCUT2D eigenvalue weighted by atomic mass is 9.97. The molecule has 2 heterocycles. The molecule has 0 N–H and O–H groups in total. The Kier molecular flexibility index (Phi) is 4.87. The van der Waals surface area contributed by atoms with E-state index in [0.717, 1.165) is 42.8 Å². The summed E-state index contributed by atoms with van der Waals surface area (Å²) in [5.74, 6) is 0.944. The number of fused-ring (bicyclic) bond motifs is 1. The van der Waals surface area contributed by atoms with Crippen LogP contribution < -0.4 is 4.90 Å². The number of benzene rings is 2. The van der Waals surface area contributed by atoms with Gasteiger partial charge in [0, 0.05) is 42.0 Å². The number of halogens is 2. The Bertz CT molecular complexity index is 983. The Morgan fingerprint density at radius 3 is 2.78 bits per heavy atom. The fourth-order valence-corrected chi connectivity index (χ4v) is 3.99. The number of rotatable bonds is 5. The number of carbonyl (C=O) groups is 1. The van der Waals surface area contributed by atoms with Crippen molar-refractivity contribution in [3.05, 3.63) is 58.9 Å². The molecule has 0 saturated carbocycles. The van der Waals surface area contributed by atoms with E-state index in [4.69, 9.17) is 16.7 Å². The van der Waals surface area contributed by atoms with Crippen LogP contribution in [0.15, 0.2) is 42.5 Å². The fourth-order valence-electron chi connectivity index (χ4n) is 3.82. The van der Waals surface area contributed by atoms with E-state index >= 15 is 0 Å². The molecule has 0 radical (unpaired) electrons. The maximum atomic E-state index is 13.0. The second-order valence-electron chi connectivity index (χ2n) is 7.04. The molecule has 1 saturated heterocycles. The molecule has 2 aromatic carbocycles. The SMILES string of the molecule is CCn1nc(N2CCC(CC(=O)c3ccc(F)cc3)C2)c2cc(Cl)ccc21. The van der Waals surface area contributed by atoms with E-state index in [-0.39, 0.29) is 17.5 Å². The summed E-state index contributed by atoms with van der Waals surface area (Å²) < 4.78 is 15.0. The zero-order chi connectivity index (χ0) is 19.0. The largest absolute Gasteiger partial charge is 0.354 e. The summed E-state index contributed by atoms with van der Waals surface area (Å²) in [5.41, 5.74) is 1.64. The van der Waals surface area contributed by atoms with Gasteiger partial charge in [-0.2, -0.15) is 5.10 Å². The zero-order valence-corrected chi connectivity index (χ0v) is 15.9. The molecule has 0 aliphatic carbocycles. The summed E-state index contributed by atoms with van der Waals surface area (Å²) in [6.45, 7) is 4.51. The average molecular weight is 386 g/mol. The topological polar surface area (TPSA) is 38.1 Å². The second kappa shape index (κ2) is 7.31. The van der Waals surface area contributed by atoms with Crippen molar-refractivity contribution >= 4 is 34.1 Å². The molecular weight excluding hydrogens is 365 g/mol. The Hall–Kier alpha value is -2.40. The molecule has 140 valence electrons. The molecule has 1 aromatic heterocycles. The first-order chi connectivity index (χ1) is 13.0. The van der Waals surface area contributed by atoms with Gasteiger partial charge in [0.1, 0.15) is 5.82 Å². The molecule has 1 atom stereocenters. The van der Waals surface area contributed by atoms with Gasteiger partial charge in [0.2, 0.25) is 0 Å². The maximum Gasteiger partial charge on any atom is 0.163 e. The first-order valence-electron chi connectivity index (χ1n) is 9.25. The normalized spacial score (nSPS) is 17.0. The Morgan fingerprint density at radius 1 is 1.26 bits per heavy atom. The average Bonchev–Trinajstić information content (AvgIpc) is 3.26. The van der Waals surface area contributed by atoms with Gasteiger partial charge in [0.25, 0.3) is 0 Å². The van der Waals surface area contributed by atoms with Crippen LogP contribution in [0.4, 0.5) is 10.2 Å². The number of anilines is 1. The van der Waals surface area contributed by atoms with Crippen molar-refractivity contribution in [3.8, 4) is 0 Å². The number of aromatic nitrogens is 2. The molecule has 1 fully saturated rings. The van der Waals surface area contributed by atoms with E-state index in [0.29, 0.717) is 17.0 Å². The Labute approximate surface area is 162 Å². The molecule has 3 aromatic rings. The molecule has 0 bridgehead atoms. The molecule has 1 unspecified atom stereocenters. The van der Waals surface area contributed by atoms with E-state index in [1.165, 1.54) is 12.1 Å².